The predicted molar refractivity (Wildman–Crippen MR) is 142 cm³/mol. The lowest BCUT2D eigenvalue weighted by Gasteiger charge is -2.03. The van der Waals surface area contributed by atoms with Crippen LogP contribution < -0.4 is 0 Å². The lowest BCUT2D eigenvalue weighted by atomic mass is 10.0. The molecule has 0 unspecified atom stereocenters. The maximum Gasteiger partial charge on any atom is 0.0919 e. The zero-order valence-electron chi connectivity index (χ0n) is 18.7. The fourth-order valence-electron chi connectivity index (χ4n) is 3.96. The number of nitrogens with zero attached hydrogens (tertiary/aromatic N) is 5. The first kappa shape index (κ1) is 20.6. The smallest absolute Gasteiger partial charge is 0.0919 e. The van der Waals surface area contributed by atoms with Crippen LogP contribution in [0.3, 0.4) is 0 Å². The molecular formula is C29H20N6. The van der Waals surface area contributed by atoms with Crippen LogP contribution in [0.2, 0.25) is 0 Å². The van der Waals surface area contributed by atoms with Gasteiger partial charge >= 0.3 is 0 Å². The van der Waals surface area contributed by atoms with Gasteiger partial charge in [0.1, 0.15) is 0 Å². The molecule has 6 heteroatoms. The van der Waals surface area contributed by atoms with Crippen molar-refractivity contribution in [2.75, 3.05) is 0 Å². The SMILES string of the molecule is C1=CC2=NC1=CC1=NC(=CC3=NC(=CC4=NC(=C2)C=C4)C(c2ccccc2)=C3)C=C1.c1c[nH]cn1. The molecule has 6 nitrogen and oxygen atoms in total. The molecule has 35 heavy (non-hydrogen) atoms. The van der Waals surface area contributed by atoms with Crippen LogP contribution in [0.5, 0.6) is 0 Å². The van der Waals surface area contributed by atoms with Crippen molar-refractivity contribution in [1.82, 2.24) is 9.97 Å². The summed E-state index contributed by atoms with van der Waals surface area (Å²) < 4.78 is 0. The van der Waals surface area contributed by atoms with Crippen molar-refractivity contribution < 1.29 is 0 Å². The molecule has 8 bridgehead atoms. The minimum absolute atomic E-state index is 0.877. The first-order valence-corrected chi connectivity index (χ1v) is 11.2. The van der Waals surface area contributed by atoms with Crippen molar-refractivity contribution in [3.8, 4) is 0 Å². The van der Waals surface area contributed by atoms with Gasteiger partial charge in [0.2, 0.25) is 0 Å². The summed E-state index contributed by atoms with van der Waals surface area (Å²) in [4.78, 5) is 25.4. The molecule has 166 valence electrons. The van der Waals surface area contributed by atoms with E-state index >= 15 is 0 Å². The molecule has 0 radical (unpaired) electrons. The molecule has 6 heterocycles. The Bertz CT molecular complexity index is 1530. The molecule has 5 aliphatic heterocycles. The summed E-state index contributed by atoms with van der Waals surface area (Å²) in [6.45, 7) is 0. The Hall–Kier alpha value is -4.97. The van der Waals surface area contributed by atoms with Crippen LogP contribution in [0.1, 0.15) is 5.56 Å². The van der Waals surface area contributed by atoms with Gasteiger partial charge in [-0.15, -0.1) is 0 Å². The van der Waals surface area contributed by atoms with Gasteiger partial charge in [-0.05, 0) is 72.4 Å². The Labute approximate surface area is 202 Å². The summed E-state index contributed by atoms with van der Waals surface area (Å²) in [5.74, 6) is 0. The molecule has 0 atom stereocenters. The molecule has 5 aliphatic rings. The lowest BCUT2D eigenvalue weighted by molar-refractivity contribution is 1.31. The number of H-pyrrole nitrogens is 1. The molecule has 0 amide bonds. The third-order valence-electron chi connectivity index (χ3n) is 5.53. The average molecular weight is 453 g/mol. The highest BCUT2D eigenvalue weighted by molar-refractivity contribution is 6.19. The zero-order valence-corrected chi connectivity index (χ0v) is 18.7. The van der Waals surface area contributed by atoms with Crippen LogP contribution in [-0.2, 0) is 0 Å². The van der Waals surface area contributed by atoms with Gasteiger partial charge in [0.25, 0.3) is 0 Å². The van der Waals surface area contributed by atoms with Crippen molar-refractivity contribution >= 4 is 28.4 Å². The third kappa shape index (κ3) is 4.72. The standard InChI is InChI=1S/C26H16N4.C3H4N2/c1-2-4-17(5-3-1)25-15-24-14-22-9-8-20(28-22)12-18-6-7-19(27-18)13-21-10-11-23(29-21)16-26(25)30-24;1-2-5-3-4-1/h1-16H;1-3H,(H,4,5). The first-order valence-electron chi connectivity index (χ1n) is 11.2. The molecule has 0 saturated carbocycles. The molecule has 1 aromatic carbocycles. The summed E-state index contributed by atoms with van der Waals surface area (Å²) in [6.07, 6.45) is 27.2. The fourth-order valence-corrected chi connectivity index (χ4v) is 3.96. The van der Waals surface area contributed by atoms with Gasteiger partial charge in [0, 0.05) is 18.0 Å². The molecule has 0 saturated heterocycles. The van der Waals surface area contributed by atoms with Crippen LogP contribution >= 0.6 is 0 Å². The molecule has 0 fully saturated rings. The number of imidazole rings is 1. The number of aromatic amines is 1. The second-order valence-electron chi connectivity index (χ2n) is 8.07. The molecule has 0 aliphatic carbocycles. The highest BCUT2D eigenvalue weighted by Crippen LogP contribution is 2.31. The van der Waals surface area contributed by atoms with Gasteiger partial charge < -0.3 is 4.98 Å². The van der Waals surface area contributed by atoms with Crippen molar-refractivity contribution in [2.24, 2.45) is 20.0 Å². The molecular weight excluding hydrogens is 432 g/mol. The minimum Gasteiger partial charge on any atom is -0.351 e. The van der Waals surface area contributed by atoms with Crippen molar-refractivity contribution in [3.63, 3.8) is 0 Å². The number of aromatic nitrogens is 2. The number of aliphatic imine (C=N–C) groups is 4. The van der Waals surface area contributed by atoms with Crippen LogP contribution in [0.25, 0.3) is 5.57 Å². The first-order chi connectivity index (χ1) is 17.3. The Morgan fingerprint density at radius 1 is 0.543 bits per heavy atom. The van der Waals surface area contributed by atoms with Gasteiger partial charge in [-0.25, -0.2) is 25.0 Å². The number of fused-ring (bicyclic) bond motifs is 4. The van der Waals surface area contributed by atoms with E-state index in [1.807, 2.05) is 79.0 Å². The van der Waals surface area contributed by atoms with Gasteiger partial charge in [0.05, 0.1) is 52.0 Å². The van der Waals surface area contributed by atoms with E-state index in [0.29, 0.717) is 0 Å². The Balaban J connectivity index is 0.000000410. The van der Waals surface area contributed by atoms with Crippen LogP contribution in [-0.4, -0.2) is 32.8 Å². The lowest BCUT2D eigenvalue weighted by Crippen LogP contribution is -1.90. The maximum atomic E-state index is 4.87. The summed E-state index contributed by atoms with van der Waals surface area (Å²) in [5.41, 5.74) is 9.28. The Kier molecular flexibility index (Phi) is 5.37. The number of benzene rings is 1. The van der Waals surface area contributed by atoms with E-state index in [-0.39, 0.29) is 0 Å². The number of rotatable bonds is 1. The Morgan fingerprint density at radius 2 is 1.14 bits per heavy atom. The van der Waals surface area contributed by atoms with Crippen LogP contribution in [0, 0.1) is 0 Å². The largest absolute Gasteiger partial charge is 0.351 e. The number of hydrogen-bond acceptors (Lipinski definition) is 5. The fraction of sp³-hybridized carbons (Fsp3) is 0. The van der Waals surface area contributed by atoms with E-state index in [1.54, 1.807) is 18.7 Å². The monoisotopic (exact) mass is 452 g/mol. The molecule has 1 aromatic heterocycles. The predicted octanol–water partition coefficient (Wildman–Crippen LogP) is 5.52. The molecule has 2 aromatic rings. The van der Waals surface area contributed by atoms with Gasteiger partial charge in [-0.2, -0.15) is 0 Å². The number of nitrogens with one attached hydrogen (secondary N) is 1. The summed E-state index contributed by atoms with van der Waals surface area (Å²) in [5, 5.41) is 0. The zero-order chi connectivity index (χ0) is 23.5. The number of allylic oxidation sites excluding steroid dienone is 12. The van der Waals surface area contributed by atoms with Gasteiger partial charge in [0.15, 0.2) is 0 Å². The van der Waals surface area contributed by atoms with Crippen LogP contribution in [0.4, 0.5) is 0 Å². The highest BCUT2D eigenvalue weighted by atomic mass is 14.8. The average Bonchev–Trinajstić information content (AvgIpc) is 3.69. The molecule has 1 N–H and O–H groups in total. The molecule has 0 spiro atoms. The summed E-state index contributed by atoms with van der Waals surface area (Å²) >= 11 is 0. The van der Waals surface area contributed by atoms with Crippen molar-refractivity contribution in [1.29, 1.82) is 0 Å². The van der Waals surface area contributed by atoms with E-state index in [4.69, 9.17) is 15.0 Å². The van der Waals surface area contributed by atoms with Crippen LogP contribution in [0.15, 0.2) is 159 Å². The van der Waals surface area contributed by atoms with E-state index in [9.17, 15) is 0 Å². The van der Waals surface area contributed by atoms with E-state index in [1.165, 1.54) is 0 Å². The highest BCUT2D eigenvalue weighted by Gasteiger charge is 2.18. The third-order valence-corrected chi connectivity index (χ3v) is 5.53. The molecule has 7 rings (SSSR count). The van der Waals surface area contributed by atoms with E-state index in [2.05, 4.69) is 33.2 Å². The maximum absolute atomic E-state index is 4.87. The summed E-state index contributed by atoms with van der Waals surface area (Å²) in [7, 11) is 0. The van der Waals surface area contributed by atoms with E-state index in [0.717, 1.165) is 56.8 Å². The van der Waals surface area contributed by atoms with Gasteiger partial charge in [-0.1, -0.05) is 30.3 Å². The minimum atomic E-state index is 0.877. The van der Waals surface area contributed by atoms with Crippen molar-refractivity contribution in [3.05, 3.63) is 144 Å². The summed E-state index contributed by atoms with van der Waals surface area (Å²) in [6, 6.07) is 10.3. The normalized spacial score (nSPS) is 18.9. The quantitative estimate of drug-likeness (QED) is 0.608. The Morgan fingerprint density at radius 3 is 1.69 bits per heavy atom. The topological polar surface area (TPSA) is 78.1 Å². The second-order valence-corrected chi connectivity index (χ2v) is 8.07. The second kappa shape index (κ2) is 9.11. The number of hydrogen-bond donors (Lipinski definition) is 1. The van der Waals surface area contributed by atoms with Crippen molar-refractivity contribution in [2.45, 2.75) is 0 Å². The van der Waals surface area contributed by atoms with Gasteiger partial charge in [-0.3, -0.25) is 0 Å². The van der Waals surface area contributed by atoms with E-state index < -0.39 is 0 Å².